The molecule has 8 heteroatoms. The summed E-state index contributed by atoms with van der Waals surface area (Å²) in [6, 6.07) is 7.79. The van der Waals surface area contributed by atoms with E-state index in [2.05, 4.69) is 15.1 Å². The molecule has 0 fully saturated rings. The zero-order valence-corrected chi connectivity index (χ0v) is 11.1. The van der Waals surface area contributed by atoms with Crippen LogP contribution in [0.3, 0.4) is 0 Å². The van der Waals surface area contributed by atoms with Crippen molar-refractivity contribution in [3.8, 4) is 11.5 Å². The van der Waals surface area contributed by atoms with E-state index in [1.807, 2.05) is 31.2 Å². The molecular formula is C13H11N5O3. The molecule has 2 heterocycles. The molecule has 0 aliphatic carbocycles. The van der Waals surface area contributed by atoms with Gasteiger partial charge in [-0.1, -0.05) is 22.7 Å². The van der Waals surface area contributed by atoms with Crippen LogP contribution in [0.4, 0.5) is 5.95 Å². The number of nitrogens with zero attached hydrogens (tertiary/aromatic N) is 5. The molecule has 0 N–H and O–H groups in total. The molecule has 3 aromatic rings. The lowest BCUT2D eigenvalue weighted by Crippen LogP contribution is -2.01. The lowest BCUT2D eigenvalue weighted by molar-refractivity contribution is -0.394. The van der Waals surface area contributed by atoms with E-state index >= 15 is 0 Å². The van der Waals surface area contributed by atoms with E-state index in [0.717, 1.165) is 11.1 Å². The summed E-state index contributed by atoms with van der Waals surface area (Å²) >= 11 is 0. The molecule has 0 unspecified atom stereocenters. The van der Waals surface area contributed by atoms with Crippen molar-refractivity contribution < 1.29 is 9.34 Å². The Morgan fingerprint density at radius 2 is 2.10 bits per heavy atom. The molecule has 106 valence electrons. The highest BCUT2D eigenvalue weighted by atomic mass is 16.6. The maximum atomic E-state index is 10.5. The lowest BCUT2D eigenvalue weighted by atomic mass is 10.1. The quantitative estimate of drug-likeness (QED) is 0.538. The van der Waals surface area contributed by atoms with Gasteiger partial charge in [0.25, 0.3) is 0 Å². The summed E-state index contributed by atoms with van der Waals surface area (Å²) < 4.78 is 6.75. The zero-order chi connectivity index (χ0) is 14.8. The fraction of sp³-hybridized carbons (Fsp3) is 0.154. The molecule has 0 bridgehead atoms. The van der Waals surface area contributed by atoms with Crippen molar-refractivity contribution in [2.24, 2.45) is 0 Å². The van der Waals surface area contributed by atoms with E-state index in [0.29, 0.717) is 11.6 Å². The third kappa shape index (κ3) is 2.78. The molecule has 3 rings (SSSR count). The Labute approximate surface area is 119 Å². The van der Waals surface area contributed by atoms with Crippen LogP contribution in [0, 0.1) is 17.0 Å². The highest BCUT2D eigenvalue weighted by Gasteiger charge is 2.15. The summed E-state index contributed by atoms with van der Waals surface area (Å²) in [5.41, 5.74) is 2.64. The first-order valence-electron chi connectivity index (χ1n) is 6.17. The number of aromatic nitrogens is 4. The van der Waals surface area contributed by atoms with Crippen LogP contribution in [0.5, 0.6) is 0 Å². The average molecular weight is 285 g/mol. The molecule has 8 nitrogen and oxygen atoms in total. The Kier molecular flexibility index (Phi) is 3.19. The minimum atomic E-state index is -0.642. The van der Waals surface area contributed by atoms with E-state index in [4.69, 9.17) is 4.42 Å². The van der Waals surface area contributed by atoms with Gasteiger partial charge in [-0.25, -0.2) is 4.98 Å². The molecule has 0 saturated heterocycles. The largest absolute Gasteiger partial charge is 0.490 e. The number of benzene rings is 1. The van der Waals surface area contributed by atoms with Crippen LogP contribution >= 0.6 is 0 Å². The molecule has 2 aromatic heterocycles. The number of oxazole rings is 1. The normalized spacial score (nSPS) is 10.7. The maximum Gasteiger partial charge on any atom is 0.490 e. The molecule has 0 atom stereocenters. The third-order valence-corrected chi connectivity index (χ3v) is 2.86. The fourth-order valence-corrected chi connectivity index (χ4v) is 1.82. The zero-order valence-electron chi connectivity index (χ0n) is 11.1. The molecular weight excluding hydrogens is 274 g/mol. The second kappa shape index (κ2) is 5.16. The highest BCUT2D eigenvalue weighted by molar-refractivity contribution is 5.53. The Morgan fingerprint density at radius 3 is 2.76 bits per heavy atom. The van der Waals surface area contributed by atoms with E-state index in [1.165, 1.54) is 17.3 Å². The minimum Gasteiger partial charge on any atom is -0.444 e. The molecule has 0 aliphatic heterocycles. The van der Waals surface area contributed by atoms with Crippen LogP contribution in [0.25, 0.3) is 11.5 Å². The first kappa shape index (κ1) is 13.0. The van der Waals surface area contributed by atoms with Crippen molar-refractivity contribution in [1.82, 2.24) is 19.7 Å². The first-order valence-corrected chi connectivity index (χ1v) is 6.17. The smallest absolute Gasteiger partial charge is 0.444 e. The van der Waals surface area contributed by atoms with Crippen molar-refractivity contribution in [2.45, 2.75) is 13.5 Å². The van der Waals surface area contributed by atoms with Crippen molar-refractivity contribution in [2.75, 3.05) is 0 Å². The van der Waals surface area contributed by atoms with Gasteiger partial charge < -0.3 is 14.5 Å². The van der Waals surface area contributed by atoms with Crippen LogP contribution < -0.4 is 0 Å². The van der Waals surface area contributed by atoms with E-state index < -0.39 is 10.9 Å². The van der Waals surface area contributed by atoms with Gasteiger partial charge in [0.2, 0.25) is 12.2 Å². The molecule has 1 aromatic carbocycles. The number of hydrogen-bond acceptors (Lipinski definition) is 6. The summed E-state index contributed by atoms with van der Waals surface area (Å²) in [7, 11) is 0. The predicted molar refractivity (Wildman–Crippen MR) is 72.5 cm³/mol. The van der Waals surface area contributed by atoms with Crippen LogP contribution in [0.15, 0.2) is 41.3 Å². The van der Waals surface area contributed by atoms with Gasteiger partial charge in [-0.05, 0) is 24.0 Å². The van der Waals surface area contributed by atoms with Gasteiger partial charge in [-0.15, -0.1) is 0 Å². The van der Waals surface area contributed by atoms with Crippen molar-refractivity contribution in [1.29, 1.82) is 0 Å². The molecule has 0 aliphatic rings. The summed E-state index contributed by atoms with van der Waals surface area (Å²) in [5.74, 6) is 0.0665. The summed E-state index contributed by atoms with van der Waals surface area (Å²) in [6.07, 6.45) is 2.79. The van der Waals surface area contributed by atoms with Crippen LogP contribution in [0.1, 0.15) is 11.3 Å². The Bertz CT molecular complexity index is 775. The SMILES string of the molecule is Cc1ccc(-c2nc(Cn3cnc([N+](=O)[O-])n3)co2)cc1. The minimum absolute atomic E-state index is 0.260. The van der Waals surface area contributed by atoms with Crippen molar-refractivity contribution >= 4 is 5.95 Å². The van der Waals surface area contributed by atoms with Gasteiger partial charge >= 0.3 is 5.95 Å². The Balaban J connectivity index is 1.78. The van der Waals surface area contributed by atoms with Gasteiger partial charge in [0.1, 0.15) is 18.5 Å². The second-order valence-corrected chi connectivity index (χ2v) is 4.51. The topological polar surface area (TPSA) is 99.9 Å². The molecule has 0 spiro atoms. The predicted octanol–water partition coefficient (Wildman–Crippen LogP) is 2.20. The monoisotopic (exact) mass is 285 g/mol. The van der Waals surface area contributed by atoms with Crippen molar-refractivity contribution in [3.05, 3.63) is 58.2 Å². The lowest BCUT2D eigenvalue weighted by Gasteiger charge is -1.95. The van der Waals surface area contributed by atoms with E-state index in [-0.39, 0.29) is 6.54 Å². The van der Waals surface area contributed by atoms with E-state index in [1.54, 1.807) is 0 Å². The molecule has 21 heavy (non-hydrogen) atoms. The van der Waals surface area contributed by atoms with Gasteiger partial charge in [0.05, 0.1) is 0 Å². The van der Waals surface area contributed by atoms with Crippen molar-refractivity contribution in [3.63, 3.8) is 0 Å². The van der Waals surface area contributed by atoms with Crippen LogP contribution in [-0.2, 0) is 6.54 Å². The van der Waals surface area contributed by atoms with E-state index in [9.17, 15) is 10.1 Å². The summed E-state index contributed by atoms with van der Waals surface area (Å²) in [5, 5.41) is 14.2. The standard InChI is InChI=1S/C13H11N5O3/c1-9-2-4-10(5-3-9)12-15-11(7-21-12)6-17-8-14-13(16-17)18(19)20/h2-5,7-8H,6H2,1H3. The number of rotatable bonds is 4. The fourth-order valence-electron chi connectivity index (χ4n) is 1.82. The number of aryl methyl sites for hydroxylation is 1. The number of nitro groups is 1. The Morgan fingerprint density at radius 1 is 1.33 bits per heavy atom. The maximum absolute atomic E-state index is 10.5. The summed E-state index contributed by atoms with van der Waals surface area (Å²) in [4.78, 5) is 17.8. The second-order valence-electron chi connectivity index (χ2n) is 4.51. The summed E-state index contributed by atoms with van der Waals surface area (Å²) in [6.45, 7) is 2.26. The van der Waals surface area contributed by atoms with Gasteiger partial charge in [0.15, 0.2) is 0 Å². The van der Waals surface area contributed by atoms with Gasteiger partial charge in [-0.2, -0.15) is 4.68 Å². The van der Waals surface area contributed by atoms with Crippen LogP contribution in [-0.4, -0.2) is 24.7 Å². The molecule has 0 amide bonds. The molecule has 0 radical (unpaired) electrons. The number of hydrogen-bond donors (Lipinski definition) is 0. The highest BCUT2D eigenvalue weighted by Crippen LogP contribution is 2.19. The Hall–Kier alpha value is -3.03. The molecule has 0 saturated carbocycles. The van der Waals surface area contributed by atoms with Gasteiger partial charge in [0, 0.05) is 10.7 Å². The average Bonchev–Trinajstić information content (AvgIpc) is 3.10. The third-order valence-electron chi connectivity index (χ3n) is 2.86. The van der Waals surface area contributed by atoms with Crippen LogP contribution in [0.2, 0.25) is 0 Å². The van der Waals surface area contributed by atoms with Gasteiger partial charge in [-0.3, -0.25) is 0 Å². The first-order chi connectivity index (χ1) is 10.1.